The molecule has 0 spiro atoms. The molecule has 4 heteroatoms. The van der Waals surface area contributed by atoms with Crippen LogP contribution in [0.4, 0.5) is 0 Å². The lowest BCUT2D eigenvalue weighted by molar-refractivity contribution is -0.127. The summed E-state index contributed by atoms with van der Waals surface area (Å²) in [6.07, 6.45) is 3.03. The minimum absolute atomic E-state index is 0.170. The number of piperidine rings is 1. The largest absolute Gasteiger partial charge is 0.376 e. The molecule has 16 heavy (non-hydrogen) atoms. The Bertz CT molecular complexity index is 257. The maximum absolute atomic E-state index is 12.1. The number of hydrogen-bond donors (Lipinski definition) is 2. The highest BCUT2D eigenvalue weighted by Crippen LogP contribution is 2.18. The summed E-state index contributed by atoms with van der Waals surface area (Å²) in [5, 5.41) is 6.49. The summed E-state index contributed by atoms with van der Waals surface area (Å²) in [4.78, 5) is 12.1. The van der Waals surface area contributed by atoms with Gasteiger partial charge in [-0.15, -0.1) is 0 Å². The second kappa shape index (κ2) is 5.15. The Hall–Kier alpha value is -0.610. The van der Waals surface area contributed by atoms with Crippen LogP contribution >= 0.6 is 0 Å². The van der Waals surface area contributed by atoms with E-state index in [-0.39, 0.29) is 24.0 Å². The van der Waals surface area contributed by atoms with Crippen LogP contribution in [0, 0.1) is 5.92 Å². The van der Waals surface area contributed by atoms with E-state index in [0.717, 1.165) is 32.4 Å². The number of amides is 1. The van der Waals surface area contributed by atoms with Gasteiger partial charge in [-0.2, -0.15) is 0 Å². The molecule has 2 N–H and O–H groups in total. The average molecular weight is 226 g/mol. The van der Waals surface area contributed by atoms with Crippen molar-refractivity contribution in [3.63, 3.8) is 0 Å². The Balaban J connectivity index is 1.82. The smallest absolute Gasteiger partial charge is 0.223 e. The van der Waals surface area contributed by atoms with Gasteiger partial charge in [0.2, 0.25) is 5.91 Å². The molecule has 2 aliphatic rings. The monoisotopic (exact) mass is 226 g/mol. The van der Waals surface area contributed by atoms with Crippen molar-refractivity contribution in [3.05, 3.63) is 0 Å². The van der Waals surface area contributed by atoms with Gasteiger partial charge in [0.1, 0.15) is 0 Å². The number of ether oxygens (including phenoxy) is 1. The van der Waals surface area contributed by atoms with Crippen LogP contribution in [-0.4, -0.2) is 37.2 Å². The minimum atomic E-state index is 0.170. The van der Waals surface area contributed by atoms with Crippen LogP contribution in [-0.2, 0) is 9.53 Å². The summed E-state index contributed by atoms with van der Waals surface area (Å²) < 4.78 is 5.45. The van der Waals surface area contributed by atoms with E-state index in [9.17, 15) is 4.79 Å². The number of nitrogens with one attached hydrogen (secondary N) is 2. The molecule has 0 saturated carbocycles. The average Bonchev–Trinajstić information content (AvgIpc) is 2.64. The second-order valence-electron chi connectivity index (χ2n) is 5.06. The quantitative estimate of drug-likeness (QED) is 0.727. The number of carbonyl (C=O) groups is 1. The van der Waals surface area contributed by atoms with Gasteiger partial charge in [-0.05, 0) is 39.7 Å². The SMILES string of the molecule is CC1CC(C(=O)NC2CCOC2C)CCN1. The Kier molecular flexibility index (Phi) is 3.82. The van der Waals surface area contributed by atoms with Gasteiger partial charge in [-0.25, -0.2) is 0 Å². The first kappa shape index (κ1) is 11.9. The second-order valence-corrected chi connectivity index (χ2v) is 5.06. The Morgan fingerprint density at radius 3 is 2.81 bits per heavy atom. The van der Waals surface area contributed by atoms with E-state index in [1.165, 1.54) is 0 Å². The molecule has 4 atom stereocenters. The maximum atomic E-state index is 12.1. The summed E-state index contributed by atoms with van der Waals surface area (Å²) in [6, 6.07) is 0.680. The molecule has 0 aromatic rings. The summed E-state index contributed by atoms with van der Waals surface area (Å²) in [7, 11) is 0. The van der Waals surface area contributed by atoms with E-state index in [4.69, 9.17) is 4.74 Å². The fraction of sp³-hybridized carbons (Fsp3) is 0.917. The van der Waals surface area contributed by atoms with E-state index in [1.807, 2.05) is 6.92 Å². The highest BCUT2D eigenvalue weighted by molar-refractivity contribution is 5.79. The predicted molar refractivity (Wildman–Crippen MR) is 62.2 cm³/mol. The Labute approximate surface area is 97.1 Å². The molecule has 0 aromatic heterocycles. The zero-order valence-electron chi connectivity index (χ0n) is 10.2. The fourth-order valence-electron chi connectivity index (χ4n) is 2.59. The number of rotatable bonds is 2. The lowest BCUT2D eigenvalue weighted by Gasteiger charge is -2.28. The van der Waals surface area contributed by atoms with Crippen LogP contribution in [0.25, 0.3) is 0 Å². The van der Waals surface area contributed by atoms with E-state index in [1.54, 1.807) is 0 Å². The highest BCUT2D eigenvalue weighted by Gasteiger charge is 2.30. The molecule has 4 unspecified atom stereocenters. The Morgan fingerprint density at radius 2 is 2.19 bits per heavy atom. The van der Waals surface area contributed by atoms with Crippen LogP contribution in [0.3, 0.4) is 0 Å². The first-order valence-corrected chi connectivity index (χ1v) is 6.32. The highest BCUT2D eigenvalue weighted by atomic mass is 16.5. The van der Waals surface area contributed by atoms with Gasteiger partial charge in [-0.1, -0.05) is 0 Å². The van der Waals surface area contributed by atoms with Crippen molar-refractivity contribution in [1.82, 2.24) is 10.6 Å². The predicted octanol–water partition coefficient (Wildman–Crippen LogP) is 0.668. The van der Waals surface area contributed by atoms with E-state index in [0.29, 0.717) is 6.04 Å². The van der Waals surface area contributed by atoms with Crippen LogP contribution in [0.1, 0.15) is 33.1 Å². The third kappa shape index (κ3) is 2.74. The lowest BCUT2D eigenvalue weighted by atomic mass is 9.92. The van der Waals surface area contributed by atoms with Crippen molar-refractivity contribution in [2.75, 3.05) is 13.2 Å². The fourth-order valence-corrected chi connectivity index (χ4v) is 2.59. The molecule has 2 rings (SSSR count). The van der Waals surface area contributed by atoms with E-state index >= 15 is 0 Å². The van der Waals surface area contributed by atoms with Crippen molar-refractivity contribution < 1.29 is 9.53 Å². The third-order valence-corrected chi connectivity index (χ3v) is 3.70. The molecule has 1 amide bonds. The van der Waals surface area contributed by atoms with Gasteiger partial charge in [0.05, 0.1) is 12.1 Å². The van der Waals surface area contributed by atoms with Gasteiger partial charge >= 0.3 is 0 Å². The molecule has 4 nitrogen and oxygen atoms in total. The number of carbonyl (C=O) groups excluding carboxylic acids is 1. The molecule has 2 fully saturated rings. The summed E-state index contributed by atoms with van der Waals surface area (Å²) in [5.41, 5.74) is 0. The normalized spacial score (nSPS) is 39.6. The van der Waals surface area contributed by atoms with Crippen molar-refractivity contribution in [1.29, 1.82) is 0 Å². The first-order chi connectivity index (χ1) is 7.66. The lowest BCUT2D eigenvalue weighted by Crippen LogP contribution is -2.46. The topological polar surface area (TPSA) is 50.4 Å². The van der Waals surface area contributed by atoms with Gasteiger partial charge in [0.25, 0.3) is 0 Å². The molecule has 0 aromatic carbocycles. The van der Waals surface area contributed by atoms with Crippen molar-refractivity contribution in [3.8, 4) is 0 Å². The van der Waals surface area contributed by atoms with Crippen LogP contribution in [0.5, 0.6) is 0 Å². The van der Waals surface area contributed by atoms with Crippen molar-refractivity contribution in [2.45, 2.75) is 51.3 Å². The molecule has 2 heterocycles. The molecular weight excluding hydrogens is 204 g/mol. The summed E-state index contributed by atoms with van der Waals surface area (Å²) >= 11 is 0. The third-order valence-electron chi connectivity index (χ3n) is 3.70. The van der Waals surface area contributed by atoms with E-state index < -0.39 is 0 Å². The van der Waals surface area contributed by atoms with Crippen molar-refractivity contribution >= 4 is 5.91 Å². The van der Waals surface area contributed by atoms with Crippen LogP contribution in [0.15, 0.2) is 0 Å². The van der Waals surface area contributed by atoms with Gasteiger partial charge < -0.3 is 15.4 Å². The summed E-state index contributed by atoms with van der Waals surface area (Å²) in [6.45, 7) is 5.90. The first-order valence-electron chi connectivity index (χ1n) is 6.32. The molecular formula is C12H22N2O2. The molecule has 0 bridgehead atoms. The van der Waals surface area contributed by atoms with Gasteiger partial charge in [-0.3, -0.25) is 4.79 Å². The van der Waals surface area contributed by atoms with E-state index in [2.05, 4.69) is 17.6 Å². The zero-order valence-corrected chi connectivity index (χ0v) is 10.2. The zero-order chi connectivity index (χ0) is 11.5. The number of hydrogen-bond acceptors (Lipinski definition) is 3. The molecule has 2 aliphatic heterocycles. The van der Waals surface area contributed by atoms with Gasteiger partial charge in [0.15, 0.2) is 0 Å². The van der Waals surface area contributed by atoms with Crippen molar-refractivity contribution in [2.24, 2.45) is 5.92 Å². The minimum Gasteiger partial charge on any atom is -0.376 e. The van der Waals surface area contributed by atoms with Crippen LogP contribution in [0.2, 0.25) is 0 Å². The molecule has 2 saturated heterocycles. The van der Waals surface area contributed by atoms with Gasteiger partial charge in [0, 0.05) is 18.6 Å². The van der Waals surface area contributed by atoms with Crippen LogP contribution < -0.4 is 10.6 Å². The molecule has 0 radical (unpaired) electrons. The molecule has 0 aliphatic carbocycles. The molecule has 92 valence electrons. The summed E-state index contributed by atoms with van der Waals surface area (Å²) in [5.74, 6) is 0.403. The Morgan fingerprint density at radius 1 is 1.38 bits per heavy atom. The standard InChI is InChI=1S/C12H22N2O2/c1-8-7-10(3-5-13-8)12(15)14-11-4-6-16-9(11)2/h8-11,13H,3-7H2,1-2H3,(H,14,15). The maximum Gasteiger partial charge on any atom is 0.223 e.